The van der Waals surface area contributed by atoms with Crippen molar-refractivity contribution in [2.45, 2.75) is 0 Å². The highest BCUT2D eigenvalue weighted by molar-refractivity contribution is 5.93. The van der Waals surface area contributed by atoms with Gasteiger partial charge >= 0.3 is 0 Å². The highest BCUT2D eigenvalue weighted by Crippen LogP contribution is 2.28. The Morgan fingerprint density at radius 1 is 0.292 bits per heavy atom. The number of nitrogens with zero attached hydrogens (tertiary/aromatic N) is 8. The summed E-state index contributed by atoms with van der Waals surface area (Å²) in [6.07, 6.45) is 0. The van der Waals surface area contributed by atoms with Crippen LogP contribution < -0.4 is 22.2 Å². The Hall–Kier alpha value is -7.08. The fraction of sp³-hybridized carbons (Fsp3) is 0. The normalized spacial score (nSPS) is 11.7. The van der Waals surface area contributed by atoms with Crippen LogP contribution in [0.5, 0.6) is 0 Å². The Morgan fingerprint density at radius 3 is 0.729 bits per heavy atom. The molecule has 12 nitrogen and oxygen atoms in total. The van der Waals surface area contributed by atoms with Crippen LogP contribution in [0.4, 0.5) is 0 Å². The van der Waals surface area contributed by atoms with Gasteiger partial charge in [0.05, 0.1) is 11.4 Å². The molecule has 0 N–H and O–H groups in total. The van der Waals surface area contributed by atoms with Crippen LogP contribution in [0.1, 0.15) is 0 Å². The summed E-state index contributed by atoms with van der Waals surface area (Å²) >= 11 is 0. The summed E-state index contributed by atoms with van der Waals surface area (Å²) in [5.74, 6) is 0. The van der Waals surface area contributed by atoms with Gasteiger partial charge in [-0.1, -0.05) is 72.8 Å². The van der Waals surface area contributed by atoms with E-state index in [0.717, 1.165) is 9.13 Å². The molecule has 0 aliphatic heterocycles. The summed E-state index contributed by atoms with van der Waals surface area (Å²) in [4.78, 5) is 74.4. The smallest absolute Gasteiger partial charge is 0.273 e. The number of fused-ring (bicyclic) bond motifs is 4. The predicted molar refractivity (Wildman–Crippen MR) is 181 cm³/mol. The third-order valence-electron chi connectivity index (χ3n) is 8.25. The molecule has 0 spiro atoms. The minimum Gasteiger partial charge on any atom is -0.273 e. The second-order valence-electron chi connectivity index (χ2n) is 11.0. The highest BCUT2D eigenvalue weighted by atomic mass is 16.2. The molecular formula is C36H20N8O4. The largest absolute Gasteiger partial charge is 0.286 e. The Kier molecular flexibility index (Phi) is 5.80. The van der Waals surface area contributed by atoms with Crippen molar-refractivity contribution in [3.63, 3.8) is 0 Å². The van der Waals surface area contributed by atoms with Crippen molar-refractivity contribution < 1.29 is 0 Å². The Labute approximate surface area is 268 Å². The van der Waals surface area contributed by atoms with Gasteiger partial charge in [-0.05, 0) is 48.5 Å². The molecule has 0 saturated heterocycles. The van der Waals surface area contributed by atoms with Crippen LogP contribution in [0.25, 0.3) is 67.4 Å². The van der Waals surface area contributed by atoms with E-state index in [1.807, 2.05) is 60.7 Å². The van der Waals surface area contributed by atoms with Crippen LogP contribution in [0, 0.1) is 0 Å². The van der Waals surface area contributed by atoms with Crippen molar-refractivity contribution in [3.8, 4) is 22.7 Å². The molecule has 0 aliphatic rings. The molecule has 0 atom stereocenters. The standard InChI is InChI=1S/C36H20N8O4/c45-33-25-27(35(47)43(33)23-17-9-3-10-18-23)39-31-29(37-25)41(21-13-5-1-6-14-21)30-32(42(31)22-15-7-2-8-16-22)40-28-26(38-30)34(46)44(36(28)48)24-19-11-4-12-20-24/h1-20H. The number of hydrogen-bond acceptors (Lipinski definition) is 8. The molecule has 0 unspecified atom stereocenters. The van der Waals surface area contributed by atoms with E-state index in [4.69, 9.17) is 19.9 Å². The molecule has 0 saturated carbocycles. The maximum atomic E-state index is 13.8. The molecule has 5 heterocycles. The van der Waals surface area contributed by atoms with E-state index in [1.54, 1.807) is 69.8 Å². The third-order valence-corrected chi connectivity index (χ3v) is 8.25. The molecule has 0 amide bonds. The zero-order valence-electron chi connectivity index (χ0n) is 24.8. The molecule has 0 bridgehead atoms. The van der Waals surface area contributed by atoms with E-state index < -0.39 is 22.2 Å². The van der Waals surface area contributed by atoms with E-state index in [0.29, 0.717) is 22.7 Å². The van der Waals surface area contributed by atoms with Crippen LogP contribution >= 0.6 is 0 Å². The number of para-hydroxylation sites is 4. The summed E-state index contributed by atoms with van der Waals surface area (Å²) in [7, 11) is 0. The van der Waals surface area contributed by atoms with Gasteiger partial charge in [-0.15, -0.1) is 0 Å². The third kappa shape index (κ3) is 3.83. The van der Waals surface area contributed by atoms with E-state index >= 15 is 0 Å². The molecule has 0 aliphatic carbocycles. The average molecular weight is 629 g/mol. The number of hydrogen-bond donors (Lipinski definition) is 0. The highest BCUT2D eigenvalue weighted by Gasteiger charge is 2.26. The van der Waals surface area contributed by atoms with Gasteiger partial charge in [-0.2, -0.15) is 0 Å². The lowest BCUT2D eigenvalue weighted by Gasteiger charge is -2.19. The number of aromatic nitrogens is 8. The first kappa shape index (κ1) is 27.2. The monoisotopic (exact) mass is 628 g/mol. The average Bonchev–Trinajstić information content (AvgIpc) is 3.53. The van der Waals surface area contributed by atoms with Crippen LogP contribution in [0.15, 0.2) is 141 Å². The van der Waals surface area contributed by atoms with Gasteiger partial charge in [0, 0.05) is 11.4 Å². The lowest BCUT2D eigenvalue weighted by Crippen LogP contribution is -2.23. The minimum atomic E-state index is -0.624. The molecule has 0 fully saturated rings. The van der Waals surface area contributed by atoms with E-state index in [1.165, 1.54) is 0 Å². The number of benzene rings is 4. The van der Waals surface area contributed by atoms with E-state index in [2.05, 4.69) is 0 Å². The number of rotatable bonds is 4. The van der Waals surface area contributed by atoms with Crippen molar-refractivity contribution in [3.05, 3.63) is 163 Å². The van der Waals surface area contributed by atoms with Gasteiger partial charge < -0.3 is 0 Å². The first-order valence-corrected chi connectivity index (χ1v) is 14.9. The minimum absolute atomic E-state index is 0.129. The topological polar surface area (TPSA) is 140 Å². The summed E-state index contributed by atoms with van der Waals surface area (Å²) in [5, 5.41) is 0. The van der Waals surface area contributed by atoms with E-state index in [9.17, 15) is 19.2 Å². The van der Waals surface area contributed by atoms with E-state index in [-0.39, 0.29) is 44.7 Å². The zero-order valence-corrected chi connectivity index (χ0v) is 24.8. The molecule has 5 aromatic heterocycles. The summed E-state index contributed by atoms with van der Waals surface area (Å²) in [6.45, 7) is 0. The fourth-order valence-electron chi connectivity index (χ4n) is 6.11. The molecule has 0 radical (unpaired) electrons. The van der Waals surface area contributed by atoms with Crippen molar-refractivity contribution >= 4 is 44.7 Å². The van der Waals surface area contributed by atoms with Gasteiger partial charge in [0.15, 0.2) is 44.7 Å². The maximum Gasteiger partial charge on any atom is 0.286 e. The van der Waals surface area contributed by atoms with Crippen LogP contribution in [0.2, 0.25) is 0 Å². The molecular weight excluding hydrogens is 608 g/mol. The van der Waals surface area contributed by atoms with Crippen molar-refractivity contribution in [2.75, 3.05) is 0 Å². The Morgan fingerprint density at radius 2 is 0.500 bits per heavy atom. The summed E-state index contributed by atoms with van der Waals surface area (Å²) in [5.41, 5.74) is -0.385. The quantitative estimate of drug-likeness (QED) is 0.267. The second kappa shape index (κ2) is 10.2. The molecule has 4 aromatic carbocycles. The zero-order chi connectivity index (χ0) is 32.5. The first-order chi connectivity index (χ1) is 23.5. The van der Waals surface area contributed by atoms with Gasteiger partial charge in [0.25, 0.3) is 22.2 Å². The van der Waals surface area contributed by atoms with Crippen molar-refractivity contribution in [1.82, 2.24) is 38.2 Å². The SMILES string of the molecule is O=c1c2nc3c(nc2c(=O)n1-c1ccccc1)n(-c1ccccc1)c1nc2c(=O)n(-c4ccccc4)c(=O)c2nc1n3-c1ccccc1. The summed E-state index contributed by atoms with van der Waals surface area (Å²) < 4.78 is 5.36. The lowest BCUT2D eigenvalue weighted by molar-refractivity contribution is 0.986. The molecule has 228 valence electrons. The molecule has 12 heteroatoms. The Balaban J connectivity index is 1.52. The second-order valence-corrected chi connectivity index (χ2v) is 11.0. The lowest BCUT2D eigenvalue weighted by atomic mass is 10.2. The first-order valence-electron chi connectivity index (χ1n) is 14.9. The molecule has 48 heavy (non-hydrogen) atoms. The van der Waals surface area contributed by atoms with Gasteiger partial charge in [-0.25, -0.2) is 29.1 Å². The van der Waals surface area contributed by atoms with Gasteiger partial charge in [0.1, 0.15) is 0 Å². The van der Waals surface area contributed by atoms with Crippen LogP contribution in [-0.2, 0) is 0 Å². The van der Waals surface area contributed by atoms with Crippen molar-refractivity contribution in [1.29, 1.82) is 0 Å². The maximum absolute atomic E-state index is 13.8. The molecule has 9 rings (SSSR count). The van der Waals surface area contributed by atoms with Crippen LogP contribution in [0.3, 0.4) is 0 Å². The van der Waals surface area contributed by atoms with Gasteiger partial charge in [0.2, 0.25) is 0 Å². The Bertz CT molecular complexity index is 2630. The van der Waals surface area contributed by atoms with Crippen molar-refractivity contribution in [2.24, 2.45) is 0 Å². The van der Waals surface area contributed by atoms with Crippen LogP contribution in [-0.4, -0.2) is 38.2 Å². The predicted octanol–water partition coefficient (Wildman–Crippen LogP) is 3.92. The fourth-order valence-corrected chi connectivity index (χ4v) is 6.11. The van der Waals surface area contributed by atoms with Gasteiger partial charge in [-0.3, -0.25) is 28.3 Å². The molecule has 9 aromatic rings. The summed E-state index contributed by atoms with van der Waals surface area (Å²) in [6, 6.07) is 35.3.